The van der Waals surface area contributed by atoms with Crippen LogP contribution in [0, 0.1) is 0 Å². The summed E-state index contributed by atoms with van der Waals surface area (Å²) in [4.78, 5) is 84.9. The minimum atomic E-state index is -0.645. The van der Waals surface area contributed by atoms with Crippen LogP contribution < -0.4 is 29.1 Å². The molecule has 2 fully saturated rings. The summed E-state index contributed by atoms with van der Waals surface area (Å²) in [6.07, 6.45) is 5.75. The number of carbonyl (C=O) groups is 6. The third-order valence-corrected chi connectivity index (χ3v) is 13.6. The minimum Gasteiger partial charge on any atom is -0.497 e. The second-order valence-corrected chi connectivity index (χ2v) is 18.2. The van der Waals surface area contributed by atoms with Gasteiger partial charge in [-0.05, 0) is 143 Å². The van der Waals surface area contributed by atoms with E-state index in [2.05, 4.69) is 10.2 Å². The lowest BCUT2D eigenvalue weighted by Gasteiger charge is -2.29. The SMILES string of the molecule is CCOC(=O)c1nn(-c2ccc(OC)cc2)c2c1CCN(c1ccc(N3CCCCC3=O)cc1)C2=O.COc1ccc(-n2nc(C(=O)OCCOCCO)c3c2C(=O)N(c2ccc(N4CCCCC4=O)cc2)CC3)cc1. The Labute approximate surface area is 439 Å². The number of aromatic nitrogens is 4. The zero-order valence-corrected chi connectivity index (χ0v) is 42.8. The lowest BCUT2D eigenvalue weighted by Crippen LogP contribution is -2.39. The van der Waals surface area contributed by atoms with E-state index in [4.69, 9.17) is 28.8 Å². The topological polar surface area (TPSA) is 217 Å². The number of hydrogen-bond donors (Lipinski definition) is 1. The average molecular weight is 1040 g/mol. The summed E-state index contributed by atoms with van der Waals surface area (Å²) < 4.78 is 29.2. The van der Waals surface area contributed by atoms with Gasteiger partial charge in [0.1, 0.15) is 29.5 Å². The van der Waals surface area contributed by atoms with E-state index in [1.807, 2.05) is 48.5 Å². The lowest BCUT2D eigenvalue weighted by molar-refractivity contribution is -0.120. The van der Waals surface area contributed by atoms with Crippen molar-refractivity contribution in [3.63, 3.8) is 0 Å². The number of hydrogen-bond acceptors (Lipinski definition) is 14. The zero-order chi connectivity index (χ0) is 53.3. The molecular formula is C56H60N8O12. The quantitative estimate of drug-likeness (QED) is 0.0804. The molecule has 4 aromatic carbocycles. The largest absolute Gasteiger partial charge is 0.497 e. The Morgan fingerprint density at radius 2 is 0.882 bits per heavy atom. The van der Waals surface area contributed by atoms with Gasteiger partial charge in [-0.15, -0.1) is 0 Å². The van der Waals surface area contributed by atoms with Gasteiger partial charge in [-0.2, -0.15) is 10.2 Å². The van der Waals surface area contributed by atoms with E-state index in [0.29, 0.717) is 97.2 Å². The van der Waals surface area contributed by atoms with Crippen molar-refractivity contribution >= 4 is 58.3 Å². The van der Waals surface area contributed by atoms with Crippen LogP contribution in [-0.2, 0) is 36.6 Å². The van der Waals surface area contributed by atoms with Gasteiger partial charge in [0.15, 0.2) is 11.4 Å². The fraction of sp³-hybridized carbons (Fsp3) is 0.357. The van der Waals surface area contributed by atoms with Gasteiger partial charge in [-0.1, -0.05) is 0 Å². The van der Waals surface area contributed by atoms with Gasteiger partial charge in [0.25, 0.3) is 11.8 Å². The van der Waals surface area contributed by atoms with Gasteiger partial charge >= 0.3 is 11.9 Å². The van der Waals surface area contributed by atoms with Crippen LogP contribution in [0.15, 0.2) is 97.1 Å². The summed E-state index contributed by atoms with van der Waals surface area (Å²) in [5.74, 6) is -0.180. The number of esters is 2. The Balaban J connectivity index is 0.000000187. The summed E-state index contributed by atoms with van der Waals surface area (Å²) in [7, 11) is 3.15. The molecule has 4 aliphatic rings. The Bertz CT molecular complexity index is 3080. The molecule has 0 spiro atoms. The van der Waals surface area contributed by atoms with Crippen LogP contribution in [0.3, 0.4) is 0 Å². The summed E-state index contributed by atoms with van der Waals surface area (Å²) in [6.45, 7) is 4.27. The molecule has 6 aromatic rings. The highest BCUT2D eigenvalue weighted by atomic mass is 16.6. The average Bonchev–Trinajstić information content (AvgIpc) is 4.07. The fourth-order valence-electron chi connectivity index (χ4n) is 9.77. The molecule has 2 aromatic heterocycles. The van der Waals surface area contributed by atoms with E-state index in [-0.39, 0.29) is 73.7 Å². The lowest BCUT2D eigenvalue weighted by atomic mass is 10.0. The van der Waals surface area contributed by atoms with Crippen molar-refractivity contribution in [1.29, 1.82) is 0 Å². The Kier molecular flexibility index (Phi) is 16.5. The molecule has 396 valence electrons. The van der Waals surface area contributed by atoms with Crippen molar-refractivity contribution in [1.82, 2.24) is 19.6 Å². The van der Waals surface area contributed by atoms with Crippen LogP contribution in [0.25, 0.3) is 11.4 Å². The molecule has 0 bridgehead atoms. The highest BCUT2D eigenvalue weighted by Crippen LogP contribution is 2.34. The molecule has 4 amide bonds. The van der Waals surface area contributed by atoms with E-state index >= 15 is 0 Å². The molecule has 4 aliphatic heterocycles. The second kappa shape index (κ2) is 23.9. The number of anilines is 4. The van der Waals surface area contributed by atoms with Crippen molar-refractivity contribution in [2.24, 2.45) is 0 Å². The predicted molar refractivity (Wildman–Crippen MR) is 280 cm³/mol. The Morgan fingerprint density at radius 3 is 1.26 bits per heavy atom. The highest BCUT2D eigenvalue weighted by Gasteiger charge is 2.38. The molecule has 20 nitrogen and oxygen atoms in total. The van der Waals surface area contributed by atoms with Crippen LogP contribution >= 0.6 is 0 Å². The first-order chi connectivity index (χ1) is 37.0. The number of aliphatic hydroxyl groups is 1. The molecule has 20 heteroatoms. The van der Waals surface area contributed by atoms with Gasteiger partial charge in [-0.3, -0.25) is 19.2 Å². The maximum Gasteiger partial charge on any atom is 0.359 e. The van der Waals surface area contributed by atoms with Gasteiger partial charge in [0, 0.05) is 72.9 Å². The molecule has 0 atom stereocenters. The Hall–Kier alpha value is -8.36. The first kappa shape index (κ1) is 52.5. The highest BCUT2D eigenvalue weighted by molar-refractivity contribution is 6.10. The molecule has 0 aliphatic carbocycles. The number of fused-ring (bicyclic) bond motifs is 2. The second-order valence-electron chi connectivity index (χ2n) is 18.2. The van der Waals surface area contributed by atoms with Crippen molar-refractivity contribution in [3.8, 4) is 22.9 Å². The number of aliphatic hydroxyl groups excluding tert-OH is 1. The Morgan fingerprint density at radius 1 is 0.487 bits per heavy atom. The fourth-order valence-corrected chi connectivity index (χ4v) is 9.77. The number of piperidine rings is 2. The molecule has 0 saturated carbocycles. The maximum absolute atomic E-state index is 13.9. The molecule has 6 heterocycles. The van der Waals surface area contributed by atoms with Crippen molar-refractivity contribution in [2.75, 3.05) is 93.0 Å². The zero-order valence-electron chi connectivity index (χ0n) is 42.8. The number of benzene rings is 4. The summed E-state index contributed by atoms with van der Waals surface area (Å²) >= 11 is 0. The maximum atomic E-state index is 13.9. The number of ether oxygens (including phenoxy) is 5. The van der Waals surface area contributed by atoms with Crippen molar-refractivity contribution in [2.45, 2.75) is 58.3 Å². The standard InChI is InChI=1S/C29H32N4O7.C27H28N4O5/c1-38-23-11-9-22(10-12-23)33-27-24(26(30-33)29(37)40-19-18-39-17-16-34)13-15-32(28(27)36)21-7-5-20(6-8-21)31-14-3-2-4-25(31)35;1-3-36-27(34)24-22-15-17-30(19-9-7-18(8-10-19)29-16-5-4-6-23(29)32)26(33)25(22)31(28-24)20-11-13-21(35-2)14-12-20/h5-12,34H,2-4,13-19H2,1H3;7-14H,3-6,15-17H2,1-2H3. The molecule has 0 unspecified atom stereocenters. The van der Waals surface area contributed by atoms with Crippen LogP contribution in [0.2, 0.25) is 0 Å². The molecule has 0 radical (unpaired) electrons. The number of nitrogens with zero attached hydrogens (tertiary/aromatic N) is 8. The monoisotopic (exact) mass is 1040 g/mol. The van der Waals surface area contributed by atoms with E-state index in [1.165, 1.54) is 9.36 Å². The van der Waals surface area contributed by atoms with Crippen LogP contribution in [0.4, 0.5) is 22.7 Å². The van der Waals surface area contributed by atoms with Crippen LogP contribution in [-0.4, -0.2) is 134 Å². The summed E-state index contributed by atoms with van der Waals surface area (Å²) in [5, 5.41) is 17.9. The van der Waals surface area contributed by atoms with Crippen LogP contribution in [0.5, 0.6) is 11.5 Å². The van der Waals surface area contributed by atoms with Gasteiger partial charge in [-0.25, -0.2) is 19.0 Å². The van der Waals surface area contributed by atoms with E-state index < -0.39 is 11.9 Å². The normalized spacial score (nSPS) is 15.4. The molecule has 76 heavy (non-hydrogen) atoms. The summed E-state index contributed by atoms with van der Waals surface area (Å²) in [6, 6.07) is 29.1. The van der Waals surface area contributed by atoms with E-state index in [1.54, 1.807) is 89.3 Å². The molecule has 10 rings (SSSR count). The molecule has 1 N–H and O–H groups in total. The number of amides is 4. The molecular weight excluding hydrogens is 977 g/mol. The minimum absolute atomic E-state index is 0.00502. The first-order valence-corrected chi connectivity index (χ1v) is 25.5. The first-order valence-electron chi connectivity index (χ1n) is 25.5. The van der Waals surface area contributed by atoms with E-state index in [0.717, 1.165) is 42.7 Å². The summed E-state index contributed by atoms with van der Waals surface area (Å²) in [5.41, 5.74) is 6.27. The number of methoxy groups -OCH3 is 2. The van der Waals surface area contributed by atoms with Gasteiger partial charge < -0.3 is 48.4 Å². The van der Waals surface area contributed by atoms with Crippen LogP contribution in [0.1, 0.15) is 98.5 Å². The third kappa shape index (κ3) is 11.0. The smallest absolute Gasteiger partial charge is 0.359 e. The van der Waals surface area contributed by atoms with Crippen molar-refractivity contribution in [3.05, 3.63) is 131 Å². The van der Waals surface area contributed by atoms with Crippen molar-refractivity contribution < 1.29 is 57.6 Å². The number of rotatable bonds is 16. The van der Waals surface area contributed by atoms with Gasteiger partial charge in [0.2, 0.25) is 11.8 Å². The predicted octanol–water partition coefficient (Wildman–Crippen LogP) is 6.54. The third-order valence-electron chi connectivity index (χ3n) is 13.6. The molecule has 2 saturated heterocycles. The van der Waals surface area contributed by atoms with Gasteiger partial charge in [0.05, 0.1) is 52.0 Å². The number of carbonyl (C=O) groups excluding carboxylic acids is 6. The van der Waals surface area contributed by atoms with E-state index in [9.17, 15) is 28.8 Å².